The van der Waals surface area contributed by atoms with Crippen molar-refractivity contribution in [3.8, 4) is 11.5 Å². The van der Waals surface area contributed by atoms with Crippen LogP contribution in [-0.4, -0.2) is 32.8 Å². The van der Waals surface area contributed by atoms with Crippen molar-refractivity contribution in [3.05, 3.63) is 52.0 Å². The summed E-state index contributed by atoms with van der Waals surface area (Å²) in [4.78, 5) is 2.35. The van der Waals surface area contributed by atoms with Crippen molar-refractivity contribution >= 4 is 28.9 Å². The average molecular weight is 393 g/mol. The van der Waals surface area contributed by atoms with Crippen molar-refractivity contribution in [2.75, 3.05) is 31.7 Å². The number of nitrogens with zero attached hydrogens (tertiary/aromatic N) is 1. The molecule has 1 saturated heterocycles. The summed E-state index contributed by atoms with van der Waals surface area (Å²) in [6.45, 7) is 2.41. The molecule has 0 spiro atoms. The molecule has 1 fully saturated rings. The Hall–Kier alpha value is -1.46. The first-order chi connectivity index (χ1) is 12.7. The Morgan fingerprint density at radius 3 is 2.88 bits per heavy atom. The highest BCUT2D eigenvalue weighted by atomic mass is 35.5. The quantitative estimate of drug-likeness (QED) is 0.738. The predicted octanol–water partition coefficient (Wildman–Crippen LogP) is 5.05. The van der Waals surface area contributed by atoms with Crippen molar-refractivity contribution in [1.29, 1.82) is 0 Å². The van der Waals surface area contributed by atoms with E-state index in [4.69, 9.17) is 32.7 Å². The second-order valence-electron chi connectivity index (χ2n) is 6.68. The fraction of sp³-hybridized carbons (Fsp3) is 0.400. The number of hydrogen-bond acceptors (Lipinski definition) is 4. The Labute approximate surface area is 164 Å². The molecule has 4 rings (SSSR count). The molecule has 0 aromatic heterocycles. The lowest BCUT2D eigenvalue weighted by Gasteiger charge is -2.43. The van der Waals surface area contributed by atoms with E-state index in [9.17, 15) is 0 Å². The number of para-hydroxylation sites is 1. The van der Waals surface area contributed by atoms with Gasteiger partial charge in [-0.1, -0.05) is 41.4 Å². The lowest BCUT2D eigenvalue weighted by molar-refractivity contribution is 0.190. The molecule has 4 nitrogen and oxygen atoms in total. The van der Waals surface area contributed by atoms with E-state index >= 15 is 0 Å². The van der Waals surface area contributed by atoms with Gasteiger partial charge in [0.15, 0.2) is 5.75 Å². The number of hydrogen-bond donors (Lipinski definition) is 1. The summed E-state index contributed by atoms with van der Waals surface area (Å²) in [7, 11) is 1.72. The number of piperidine rings is 1. The van der Waals surface area contributed by atoms with Crippen LogP contribution in [0.4, 0.5) is 5.69 Å². The second-order valence-corrected chi connectivity index (χ2v) is 7.47. The SMILES string of the molecule is COCCN[C@@H]1CCCN2c3c(ccc(Cl)c3Cl)Oc3ccccc3[C@@H]12. The maximum atomic E-state index is 6.63. The molecule has 2 aromatic carbocycles. The lowest BCUT2D eigenvalue weighted by Crippen LogP contribution is -2.49. The van der Waals surface area contributed by atoms with Gasteiger partial charge in [-0.3, -0.25) is 0 Å². The zero-order valence-electron chi connectivity index (χ0n) is 14.7. The van der Waals surface area contributed by atoms with E-state index in [1.807, 2.05) is 18.2 Å². The molecule has 0 saturated carbocycles. The molecule has 138 valence electrons. The van der Waals surface area contributed by atoms with Gasteiger partial charge in [-0.25, -0.2) is 0 Å². The number of methoxy groups -OCH3 is 1. The van der Waals surface area contributed by atoms with E-state index < -0.39 is 0 Å². The Morgan fingerprint density at radius 2 is 2.04 bits per heavy atom. The molecule has 0 amide bonds. The average Bonchev–Trinajstić information content (AvgIpc) is 2.80. The predicted molar refractivity (Wildman–Crippen MR) is 106 cm³/mol. The van der Waals surface area contributed by atoms with Gasteiger partial charge in [0, 0.05) is 31.8 Å². The van der Waals surface area contributed by atoms with Crippen molar-refractivity contribution in [2.24, 2.45) is 0 Å². The van der Waals surface area contributed by atoms with Gasteiger partial charge < -0.3 is 19.7 Å². The molecular weight excluding hydrogens is 371 g/mol. The van der Waals surface area contributed by atoms with Gasteiger partial charge in [-0.2, -0.15) is 0 Å². The van der Waals surface area contributed by atoms with E-state index in [0.29, 0.717) is 16.7 Å². The monoisotopic (exact) mass is 392 g/mol. The summed E-state index contributed by atoms with van der Waals surface area (Å²) in [6.07, 6.45) is 2.17. The molecule has 26 heavy (non-hydrogen) atoms. The van der Waals surface area contributed by atoms with E-state index in [2.05, 4.69) is 22.3 Å². The lowest BCUT2D eigenvalue weighted by atomic mass is 9.89. The summed E-state index contributed by atoms with van der Waals surface area (Å²) >= 11 is 13.0. The Kier molecular flexibility index (Phi) is 5.28. The van der Waals surface area contributed by atoms with Crippen LogP contribution in [-0.2, 0) is 4.74 Å². The van der Waals surface area contributed by atoms with Crippen molar-refractivity contribution < 1.29 is 9.47 Å². The fourth-order valence-electron chi connectivity index (χ4n) is 4.00. The third-order valence-electron chi connectivity index (χ3n) is 5.12. The molecule has 2 heterocycles. The molecule has 6 heteroatoms. The van der Waals surface area contributed by atoms with Crippen LogP contribution in [0.3, 0.4) is 0 Å². The smallest absolute Gasteiger partial charge is 0.152 e. The number of halogens is 2. The van der Waals surface area contributed by atoms with Gasteiger partial charge in [0.25, 0.3) is 0 Å². The first-order valence-electron chi connectivity index (χ1n) is 8.94. The van der Waals surface area contributed by atoms with Crippen molar-refractivity contribution in [1.82, 2.24) is 5.32 Å². The number of ether oxygens (including phenoxy) is 2. The van der Waals surface area contributed by atoms with Gasteiger partial charge in [0.2, 0.25) is 0 Å². The van der Waals surface area contributed by atoms with Gasteiger partial charge >= 0.3 is 0 Å². The molecule has 0 aliphatic carbocycles. The second kappa shape index (κ2) is 7.65. The first-order valence-corrected chi connectivity index (χ1v) is 9.70. The molecule has 0 radical (unpaired) electrons. The van der Waals surface area contributed by atoms with Gasteiger partial charge in [-0.15, -0.1) is 0 Å². The highest BCUT2D eigenvalue weighted by molar-refractivity contribution is 6.44. The van der Waals surface area contributed by atoms with Crippen molar-refractivity contribution in [2.45, 2.75) is 24.9 Å². The highest BCUT2D eigenvalue weighted by Crippen LogP contribution is 2.51. The number of benzene rings is 2. The van der Waals surface area contributed by atoms with E-state index in [-0.39, 0.29) is 12.1 Å². The molecule has 2 aliphatic heterocycles. The summed E-state index contributed by atoms with van der Waals surface area (Å²) in [5.74, 6) is 1.63. The molecule has 0 unspecified atom stereocenters. The van der Waals surface area contributed by atoms with Crippen LogP contribution in [0.25, 0.3) is 0 Å². The Bertz CT molecular complexity index is 799. The zero-order chi connectivity index (χ0) is 18.1. The van der Waals surface area contributed by atoms with Crippen LogP contribution in [0.5, 0.6) is 11.5 Å². The number of rotatable bonds is 4. The topological polar surface area (TPSA) is 33.7 Å². The summed E-state index contributed by atoms with van der Waals surface area (Å²) < 4.78 is 11.5. The first kappa shape index (κ1) is 17.9. The molecule has 1 N–H and O–H groups in total. The third-order valence-corrected chi connectivity index (χ3v) is 5.91. The summed E-state index contributed by atoms with van der Waals surface area (Å²) in [5.41, 5.74) is 2.06. The number of nitrogens with one attached hydrogen (secondary N) is 1. The molecular formula is C20H22Cl2N2O2. The van der Waals surface area contributed by atoms with E-state index in [1.54, 1.807) is 13.2 Å². The van der Waals surface area contributed by atoms with Crippen LogP contribution in [0.15, 0.2) is 36.4 Å². The number of anilines is 1. The summed E-state index contributed by atoms with van der Waals surface area (Å²) in [5, 5.41) is 4.76. The fourth-order valence-corrected chi connectivity index (χ4v) is 4.42. The maximum Gasteiger partial charge on any atom is 0.152 e. The molecule has 2 aromatic rings. The largest absolute Gasteiger partial charge is 0.455 e. The molecule has 0 bridgehead atoms. The van der Waals surface area contributed by atoms with E-state index in [0.717, 1.165) is 43.1 Å². The van der Waals surface area contributed by atoms with E-state index in [1.165, 1.54) is 5.56 Å². The van der Waals surface area contributed by atoms with Gasteiger partial charge in [0.05, 0.1) is 22.7 Å². The van der Waals surface area contributed by atoms with Crippen LogP contribution in [0, 0.1) is 0 Å². The maximum absolute atomic E-state index is 6.63. The standard InChI is InChI=1S/C20H22Cl2N2O2/c1-25-12-10-23-15-6-4-11-24-19(15)13-5-2-3-7-16(13)26-17-9-8-14(21)18(22)20(17)24/h2-3,5,7-9,15,19,23H,4,6,10-12H2,1H3/t15-,19+/m1/s1. The minimum atomic E-state index is 0.133. The van der Waals surface area contributed by atoms with Crippen LogP contribution < -0.4 is 15.0 Å². The third kappa shape index (κ3) is 3.16. The van der Waals surface area contributed by atoms with Gasteiger partial charge in [0.1, 0.15) is 11.4 Å². The molecule has 2 aliphatic rings. The zero-order valence-corrected chi connectivity index (χ0v) is 16.2. The minimum absolute atomic E-state index is 0.133. The number of fused-ring (bicyclic) bond motifs is 5. The van der Waals surface area contributed by atoms with Crippen LogP contribution in [0.1, 0.15) is 24.4 Å². The van der Waals surface area contributed by atoms with Gasteiger partial charge in [-0.05, 0) is 31.0 Å². The Morgan fingerprint density at radius 1 is 1.19 bits per heavy atom. The van der Waals surface area contributed by atoms with Crippen LogP contribution >= 0.6 is 23.2 Å². The summed E-state index contributed by atoms with van der Waals surface area (Å²) in [6, 6.07) is 12.3. The highest BCUT2D eigenvalue weighted by Gasteiger charge is 2.38. The normalized spacial score (nSPS) is 21.3. The van der Waals surface area contributed by atoms with Crippen LogP contribution in [0.2, 0.25) is 10.0 Å². The molecule has 2 atom stereocenters. The van der Waals surface area contributed by atoms with Crippen molar-refractivity contribution in [3.63, 3.8) is 0 Å². The minimum Gasteiger partial charge on any atom is -0.455 e. The Balaban J connectivity index is 1.82.